The number of rotatable bonds is 4. The summed E-state index contributed by atoms with van der Waals surface area (Å²) >= 11 is 0. The number of aryl methyl sites for hydroxylation is 1. The Morgan fingerprint density at radius 3 is 2.53 bits per heavy atom. The first-order chi connectivity index (χ1) is 9.19. The molecule has 1 aromatic heterocycles. The molecule has 0 fully saturated rings. The zero-order chi connectivity index (χ0) is 13.7. The monoisotopic (exact) mass is 257 g/mol. The van der Waals surface area contributed by atoms with Crippen LogP contribution >= 0.6 is 0 Å². The van der Waals surface area contributed by atoms with Crippen LogP contribution in [0.15, 0.2) is 41.2 Å². The molecule has 0 saturated heterocycles. The molecule has 0 unspecified atom stereocenters. The molecule has 1 amide bonds. The number of carbonyl (C=O) groups is 1. The third kappa shape index (κ3) is 3.51. The van der Waals surface area contributed by atoms with Gasteiger partial charge in [0.25, 0.3) is 11.5 Å². The second-order valence-corrected chi connectivity index (χ2v) is 4.21. The van der Waals surface area contributed by atoms with Crippen molar-refractivity contribution in [2.75, 3.05) is 5.32 Å². The van der Waals surface area contributed by atoms with Gasteiger partial charge >= 0.3 is 0 Å². The van der Waals surface area contributed by atoms with Crippen LogP contribution in [0.25, 0.3) is 0 Å². The SMILES string of the molecule is CCCc1ccc(NC(=O)c2ccc(=O)[nH]n2)cc1. The first kappa shape index (κ1) is 13.0. The molecular formula is C14H15N3O2. The molecular weight excluding hydrogens is 242 g/mol. The van der Waals surface area contributed by atoms with Crippen molar-refractivity contribution in [1.82, 2.24) is 10.2 Å². The third-order valence-corrected chi connectivity index (χ3v) is 2.66. The van der Waals surface area contributed by atoms with Gasteiger partial charge in [0, 0.05) is 11.8 Å². The lowest BCUT2D eigenvalue weighted by atomic mass is 10.1. The van der Waals surface area contributed by atoms with Crippen molar-refractivity contribution in [2.24, 2.45) is 0 Å². The van der Waals surface area contributed by atoms with Gasteiger partial charge in [-0.05, 0) is 30.2 Å². The quantitative estimate of drug-likeness (QED) is 0.879. The molecule has 0 aliphatic carbocycles. The van der Waals surface area contributed by atoms with Crippen LogP contribution in [0.4, 0.5) is 5.69 Å². The zero-order valence-electron chi connectivity index (χ0n) is 10.6. The molecule has 0 bridgehead atoms. The van der Waals surface area contributed by atoms with Gasteiger partial charge in [-0.3, -0.25) is 9.59 Å². The summed E-state index contributed by atoms with van der Waals surface area (Å²) in [6, 6.07) is 10.3. The number of hydrogen-bond donors (Lipinski definition) is 2. The Labute approximate surface area is 110 Å². The zero-order valence-corrected chi connectivity index (χ0v) is 10.6. The average Bonchev–Trinajstić information content (AvgIpc) is 2.42. The van der Waals surface area contributed by atoms with Crippen LogP contribution in [0.1, 0.15) is 29.4 Å². The van der Waals surface area contributed by atoms with E-state index < -0.39 is 0 Å². The van der Waals surface area contributed by atoms with Crippen LogP contribution in [-0.4, -0.2) is 16.1 Å². The van der Waals surface area contributed by atoms with Crippen LogP contribution in [0.2, 0.25) is 0 Å². The number of benzene rings is 1. The number of H-pyrrole nitrogens is 1. The Balaban J connectivity index is 2.06. The minimum absolute atomic E-state index is 0.178. The lowest BCUT2D eigenvalue weighted by Gasteiger charge is -2.05. The Morgan fingerprint density at radius 1 is 1.21 bits per heavy atom. The molecule has 0 radical (unpaired) electrons. The van der Waals surface area contributed by atoms with E-state index in [1.807, 2.05) is 24.3 Å². The second-order valence-electron chi connectivity index (χ2n) is 4.21. The lowest BCUT2D eigenvalue weighted by molar-refractivity contribution is 0.102. The number of hydrogen-bond acceptors (Lipinski definition) is 3. The van der Waals surface area contributed by atoms with E-state index in [0.717, 1.165) is 12.8 Å². The predicted molar refractivity (Wildman–Crippen MR) is 73.2 cm³/mol. The first-order valence-electron chi connectivity index (χ1n) is 6.15. The fourth-order valence-electron chi connectivity index (χ4n) is 1.71. The molecule has 1 aromatic carbocycles. The standard InChI is InChI=1S/C14H15N3O2/c1-2-3-10-4-6-11(7-5-10)15-14(19)12-8-9-13(18)17-16-12/h4-9H,2-3H2,1H3,(H,15,19)(H,17,18). The number of carbonyl (C=O) groups excluding carboxylic acids is 1. The summed E-state index contributed by atoms with van der Waals surface area (Å²) in [6.07, 6.45) is 2.11. The van der Waals surface area contributed by atoms with E-state index in [-0.39, 0.29) is 17.2 Å². The molecule has 98 valence electrons. The summed E-state index contributed by atoms with van der Waals surface area (Å²) in [5, 5.41) is 8.62. The molecule has 0 aliphatic rings. The van der Waals surface area contributed by atoms with Crippen molar-refractivity contribution < 1.29 is 4.79 Å². The van der Waals surface area contributed by atoms with Crippen molar-refractivity contribution in [3.63, 3.8) is 0 Å². The number of aromatic amines is 1. The van der Waals surface area contributed by atoms with Crippen LogP contribution in [0.3, 0.4) is 0 Å². The largest absolute Gasteiger partial charge is 0.321 e. The molecule has 1 heterocycles. The number of amides is 1. The van der Waals surface area contributed by atoms with Gasteiger partial charge in [-0.25, -0.2) is 5.10 Å². The van der Waals surface area contributed by atoms with Crippen molar-refractivity contribution in [3.8, 4) is 0 Å². The van der Waals surface area contributed by atoms with E-state index in [1.165, 1.54) is 17.7 Å². The normalized spacial score (nSPS) is 10.2. The topological polar surface area (TPSA) is 74.8 Å². The summed E-state index contributed by atoms with van der Waals surface area (Å²) in [4.78, 5) is 22.7. The van der Waals surface area contributed by atoms with E-state index >= 15 is 0 Å². The maximum absolute atomic E-state index is 11.8. The van der Waals surface area contributed by atoms with Crippen molar-refractivity contribution >= 4 is 11.6 Å². The van der Waals surface area contributed by atoms with E-state index in [9.17, 15) is 9.59 Å². The number of nitrogens with one attached hydrogen (secondary N) is 2. The summed E-state index contributed by atoms with van der Waals surface area (Å²) in [5.74, 6) is -0.348. The molecule has 0 saturated carbocycles. The van der Waals surface area contributed by atoms with Crippen LogP contribution in [0.5, 0.6) is 0 Å². The molecule has 0 atom stereocenters. The molecule has 5 heteroatoms. The van der Waals surface area contributed by atoms with Gasteiger partial charge in [-0.15, -0.1) is 0 Å². The Morgan fingerprint density at radius 2 is 1.95 bits per heavy atom. The van der Waals surface area contributed by atoms with Gasteiger partial charge < -0.3 is 5.32 Å². The Kier molecular flexibility index (Phi) is 4.07. The summed E-state index contributed by atoms with van der Waals surface area (Å²) in [7, 11) is 0. The van der Waals surface area contributed by atoms with Crippen LogP contribution < -0.4 is 10.9 Å². The smallest absolute Gasteiger partial charge is 0.276 e. The fraction of sp³-hybridized carbons (Fsp3) is 0.214. The highest BCUT2D eigenvalue weighted by molar-refractivity contribution is 6.02. The van der Waals surface area contributed by atoms with E-state index in [1.54, 1.807) is 0 Å². The molecule has 0 spiro atoms. The maximum Gasteiger partial charge on any atom is 0.276 e. The number of anilines is 1. The average molecular weight is 257 g/mol. The van der Waals surface area contributed by atoms with Crippen molar-refractivity contribution in [2.45, 2.75) is 19.8 Å². The number of nitrogens with zero attached hydrogens (tertiary/aromatic N) is 1. The molecule has 2 aromatic rings. The lowest BCUT2D eigenvalue weighted by Crippen LogP contribution is -2.17. The minimum atomic E-state index is -0.348. The summed E-state index contributed by atoms with van der Waals surface area (Å²) < 4.78 is 0. The second kappa shape index (κ2) is 5.95. The van der Waals surface area contributed by atoms with Gasteiger partial charge in [0.15, 0.2) is 0 Å². The Bertz CT molecular complexity index is 597. The molecule has 5 nitrogen and oxygen atoms in total. The van der Waals surface area contributed by atoms with Crippen LogP contribution in [-0.2, 0) is 6.42 Å². The van der Waals surface area contributed by atoms with E-state index in [0.29, 0.717) is 5.69 Å². The van der Waals surface area contributed by atoms with Crippen molar-refractivity contribution in [1.29, 1.82) is 0 Å². The third-order valence-electron chi connectivity index (χ3n) is 2.66. The first-order valence-corrected chi connectivity index (χ1v) is 6.15. The molecule has 2 N–H and O–H groups in total. The predicted octanol–water partition coefficient (Wildman–Crippen LogP) is 1.97. The maximum atomic E-state index is 11.8. The highest BCUT2D eigenvalue weighted by Crippen LogP contribution is 2.11. The fourth-order valence-corrected chi connectivity index (χ4v) is 1.71. The highest BCUT2D eigenvalue weighted by Gasteiger charge is 2.07. The summed E-state index contributed by atoms with van der Waals surface area (Å²) in [6.45, 7) is 2.12. The van der Waals surface area contributed by atoms with E-state index in [4.69, 9.17) is 0 Å². The van der Waals surface area contributed by atoms with Gasteiger partial charge in [0.2, 0.25) is 0 Å². The minimum Gasteiger partial charge on any atom is -0.321 e. The Hall–Kier alpha value is -2.43. The van der Waals surface area contributed by atoms with Gasteiger partial charge in [-0.2, -0.15) is 5.10 Å². The van der Waals surface area contributed by atoms with Crippen LogP contribution in [0, 0.1) is 0 Å². The van der Waals surface area contributed by atoms with Gasteiger partial charge in [-0.1, -0.05) is 25.5 Å². The molecule has 19 heavy (non-hydrogen) atoms. The summed E-state index contributed by atoms with van der Waals surface area (Å²) in [5.41, 5.74) is 1.79. The molecule has 2 rings (SSSR count). The number of aromatic nitrogens is 2. The van der Waals surface area contributed by atoms with Gasteiger partial charge in [0.05, 0.1) is 0 Å². The molecule has 0 aliphatic heterocycles. The van der Waals surface area contributed by atoms with Crippen molar-refractivity contribution in [3.05, 3.63) is 58.0 Å². The highest BCUT2D eigenvalue weighted by atomic mass is 16.2. The van der Waals surface area contributed by atoms with E-state index in [2.05, 4.69) is 22.4 Å². The van der Waals surface area contributed by atoms with Gasteiger partial charge in [0.1, 0.15) is 5.69 Å².